The van der Waals surface area contributed by atoms with Gasteiger partial charge in [-0.15, -0.1) is 0 Å². The van der Waals surface area contributed by atoms with Crippen molar-refractivity contribution in [1.29, 1.82) is 0 Å². The first-order valence-corrected chi connectivity index (χ1v) is 9.38. The van der Waals surface area contributed by atoms with E-state index in [1.54, 1.807) is 11.8 Å². The number of fused-ring (bicyclic) bond motifs is 1. The molecular weight excluding hydrogens is 358 g/mol. The Labute approximate surface area is 162 Å². The van der Waals surface area contributed by atoms with Gasteiger partial charge in [-0.05, 0) is 18.4 Å². The molecule has 0 spiro atoms. The van der Waals surface area contributed by atoms with Crippen molar-refractivity contribution in [2.24, 2.45) is 5.92 Å². The van der Waals surface area contributed by atoms with Gasteiger partial charge in [0.1, 0.15) is 17.5 Å². The van der Waals surface area contributed by atoms with Crippen LogP contribution < -0.4 is 5.56 Å². The smallest absolute Gasteiger partial charge is 0.286 e. The molecule has 146 valence electrons. The Morgan fingerprint density at radius 2 is 2.00 bits per heavy atom. The zero-order valence-electron chi connectivity index (χ0n) is 16.1. The molecule has 3 aromatic rings. The van der Waals surface area contributed by atoms with E-state index < -0.39 is 5.56 Å². The van der Waals surface area contributed by atoms with Crippen molar-refractivity contribution in [3.8, 4) is 0 Å². The average Bonchev–Trinajstić information content (AvgIpc) is 3.09. The summed E-state index contributed by atoms with van der Waals surface area (Å²) in [6.45, 7) is 6.68. The topological polar surface area (TPSA) is 92.6 Å². The monoisotopic (exact) mass is 381 g/mol. The largest absolute Gasteiger partial charge is 0.366 e. The predicted molar refractivity (Wildman–Crippen MR) is 103 cm³/mol. The van der Waals surface area contributed by atoms with Gasteiger partial charge < -0.3 is 9.64 Å². The number of hydrogen-bond donors (Lipinski definition) is 1. The van der Waals surface area contributed by atoms with Gasteiger partial charge in [0, 0.05) is 12.7 Å². The molecule has 1 aromatic carbocycles. The number of nitrogens with zero attached hydrogens (tertiary/aromatic N) is 4. The minimum atomic E-state index is -0.445. The van der Waals surface area contributed by atoms with Crippen molar-refractivity contribution in [2.45, 2.75) is 33.0 Å². The lowest BCUT2D eigenvalue weighted by molar-refractivity contribution is -0.0955. The quantitative estimate of drug-likeness (QED) is 0.749. The van der Waals surface area contributed by atoms with Gasteiger partial charge in [0.05, 0.1) is 12.6 Å². The molecular formula is C20H23N5O3. The Kier molecular flexibility index (Phi) is 4.72. The zero-order chi connectivity index (χ0) is 19.8. The summed E-state index contributed by atoms with van der Waals surface area (Å²) >= 11 is 0. The van der Waals surface area contributed by atoms with Crippen LogP contribution in [-0.4, -0.2) is 49.6 Å². The Balaban J connectivity index is 1.67. The molecule has 0 saturated carbocycles. The first-order chi connectivity index (χ1) is 13.4. The molecule has 3 heterocycles. The van der Waals surface area contributed by atoms with Gasteiger partial charge in [-0.2, -0.15) is 9.50 Å². The third-order valence-electron chi connectivity index (χ3n) is 5.04. The fourth-order valence-electron chi connectivity index (χ4n) is 3.45. The van der Waals surface area contributed by atoms with E-state index in [4.69, 9.17) is 4.74 Å². The third-order valence-corrected chi connectivity index (χ3v) is 5.04. The number of aromatic nitrogens is 4. The zero-order valence-corrected chi connectivity index (χ0v) is 16.1. The standard InChI is InChI=1S/C20H23N5O3/c1-12(2)16-10-24(11-17(28-16)14-7-5-4-6-8-14)18(26)15-9-21-20-22-13(3)23-25(20)19(15)27/h4-9,12,16-17H,10-11H2,1-3H3,(H,21,22,23)/t16-,17+/m1/s1. The minimum Gasteiger partial charge on any atom is -0.366 e. The lowest BCUT2D eigenvalue weighted by Gasteiger charge is -2.40. The van der Waals surface area contributed by atoms with Gasteiger partial charge in [0.15, 0.2) is 0 Å². The fourth-order valence-corrected chi connectivity index (χ4v) is 3.45. The number of rotatable bonds is 3. The van der Waals surface area contributed by atoms with Crippen LogP contribution in [0.3, 0.4) is 0 Å². The lowest BCUT2D eigenvalue weighted by Crippen LogP contribution is -2.49. The molecule has 28 heavy (non-hydrogen) atoms. The molecule has 1 aliphatic heterocycles. The third kappa shape index (κ3) is 3.31. The second kappa shape index (κ2) is 7.20. The van der Waals surface area contributed by atoms with Gasteiger partial charge in [0.25, 0.3) is 17.2 Å². The molecule has 1 amide bonds. The van der Waals surface area contributed by atoms with Gasteiger partial charge in [0.2, 0.25) is 0 Å². The summed E-state index contributed by atoms with van der Waals surface area (Å²) in [5, 5.41) is 2.82. The summed E-state index contributed by atoms with van der Waals surface area (Å²) in [4.78, 5) is 35.9. The fraction of sp³-hybridized carbons (Fsp3) is 0.400. The first-order valence-electron chi connectivity index (χ1n) is 9.38. The Bertz CT molecular complexity index is 1060. The molecule has 2 atom stereocenters. The number of carbonyl (C=O) groups excluding carboxylic acids is 1. The summed E-state index contributed by atoms with van der Waals surface area (Å²) in [6.07, 6.45) is 0.967. The maximum atomic E-state index is 13.2. The Morgan fingerprint density at radius 1 is 1.25 bits per heavy atom. The summed E-state index contributed by atoms with van der Waals surface area (Å²) in [6, 6.07) is 9.84. The SMILES string of the molecule is Cc1nc2ncc(C(=O)N3C[C@@H](c4ccccc4)O[C@@H](C(C)C)C3)c(=O)n2[nH]1. The van der Waals surface area contributed by atoms with E-state index >= 15 is 0 Å². The molecule has 0 aliphatic carbocycles. The molecule has 1 saturated heterocycles. The number of amides is 1. The number of morpholine rings is 1. The van der Waals surface area contributed by atoms with Crippen LogP contribution in [0.2, 0.25) is 0 Å². The number of hydrogen-bond acceptors (Lipinski definition) is 5. The van der Waals surface area contributed by atoms with Gasteiger partial charge in [-0.1, -0.05) is 44.2 Å². The van der Waals surface area contributed by atoms with Crippen LogP contribution in [0.15, 0.2) is 41.3 Å². The van der Waals surface area contributed by atoms with E-state index in [-0.39, 0.29) is 35.4 Å². The molecule has 0 bridgehead atoms. The van der Waals surface area contributed by atoms with Crippen molar-refractivity contribution in [3.05, 3.63) is 63.8 Å². The minimum absolute atomic E-state index is 0.0253. The van der Waals surface area contributed by atoms with Crippen LogP contribution in [0, 0.1) is 12.8 Å². The molecule has 8 nitrogen and oxygen atoms in total. The van der Waals surface area contributed by atoms with Crippen molar-refractivity contribution >= 4 is 11.7 Å². The number of aryl methyl sites for hydroxylation is 1. The van der Waals surface area contributed by atoms with E-state index in [9.17, 15) is 9.59 Å². The highest BCUT2D eigenvalue weighted by atomic mass is 16.5. The van der Waals surface area contributed by atoms with Crippen LogP contribution in [0.5, 0.6) is 0 Å². The number of aromatic amines is 1. The van der Waals surface area contributed by atoms with Crippen LogP contribution in [-0.2, 0) is 4.74 Å². The summed E-state index contributed by atoms with van der Waals surface area (Å²) in [5.41, 5.74) is 0.594. The molecule has 1 N–H and O–H groups in total. The second-order valence-corrected chi connectivity index (χ2v) is 7.45. The van der Waals surface area contributed by atoms with Gasteiger partial charge in [-0.3, -0.25) is 14.7 Å². The normalized spacial score (nSPS) is 20.1. The highest BCUT2D eigenvalue weighted by Gasteiger charge is 2.34. The lowest BCUT2D eigenvalue weighted by atomic mass is 10.0. The van der Waals surface area contributed by atoms with Crippen molar-refractivity contribution in [3.63, 3.8) is 0 Å². The Hall–Kier alpha value is -3.00. The maximum absolute atomic E-state index is 13.2. The van der Waals surface area contributed by atoms with E-state index in [0.717, 1.165) is 5.56 Å². The molecule has 8 heteroatoms. The number of H-pyrrole nitrogens is 1. The molecule has 4 rings (SSSR count). The van der Waals surface area contributed by atoms with Gasteiger partial charge in [-0.25, -0.2) is 4.98 Å². The maximum Gasteiger partial charge on any atom is 0.286 e. The van der Waals surface area contributed by atoms with Crippen molar-refractivity contribution in [1.82, 2.24) is 24.5 Å². The first kappa shape index (κ1) is 18.4. The van der Waals surface area contributed by atoms with Crippen LogP contribution >= 0.6 is 0 Å². The second-order valence-electron chi connectivity index (χ2n) is 7.45. The number of nitrogens with one attached hydrogen (secondary N) is 1. The Morgan fingerprint density at radius 3 is 2.71 bits per heavy atom. The van der Waals surface area contributed by atoms with E-state index in [2.05, 4.69) is 28.9 Å². The molecule has 1 aliphatic rings. The molecule has 1 fully saturated rings. The van der Waals surface area contributed by atoms with E-state index in [1.807, 2.05) is 30.3 Å². The number of benzene rings is 1. The van der Waals surface area contributed by atoms with Crippen molar-refractivity contribution in [2.75, 3.05) is 13.1 Å². The predicted octanol–water partition coefficient (Wildman–Crippen LogP) is 1.96. The summed E-state index contributed by atoms with van der Waals surface area (Å²) in [7, 11) is 0. The van der Waals surface area contributed by atoms with E-state index in [0.29, 0.717) is 18.9 Å². The highest BCUT2D eigenvalue weighted by Crippen LogP contribution is 2.28. The van der Waals surface area contributed by atoms with Crippen LogP contribution in [0.4, 0.5) is 0 Å². The van der Waals surface area contributed by atoms with E-state index in [1.165, 1.54) is 10.7 Å². The summed E-state index contributed by atoms with van der Waals surface area (Å²) in [5.74, 6) is 0.709. The highest BCUT2D eigenvalue weighted by molar-refractivity contribution is 5.93. The molecule has 0 radical (unpaired) electrons. The van der Waals surface area contributed by atoms with Crippen LogP contribution in [0.25, 0.3) is 5.78 Å². The van der Waals surface area contributed by atoms with Crippen LogP contribution in [0.1, 0.15) is 41.7 Å². The van der Waals surface area contributed by atoms with Gasteiger partial charge >= 0.3 is 0 Å². The number of carbonyl (C=O) groups is 1. The number of ether oxygens (including phenoxy) is 1. The summed E-state index contributed by atoms with van der Waals surface area (Å²) < 4.78 is 7.45. The molecule has 0 unspecified atom stereocenters. The average molecular weight is 381 g/mol. The molecule has 2 aromatic heterocycles. The van der Waals surface area contributed by atoms with Crippen molar-refractivity contribution < 1.29 is 9.53 Å².